The first-order valence-corrected chi connectivity index (χ1v) is 7.26. The highest BCUT2D eigenvalue weighted by Gasteiger charge is 2.42. The van der Waals surface area contributed by atoms with Crippen molar-refractivity contribution in [3.05, 3.63) is 27.7 Å². The van der Waals surface area contributed by atoms with E-state index in [9.17, 15) is 15.2 Å². The lowest BCUT2D eigenvalue weighted by Crippen LogP contribution is -2.46. The Morgan fingerprint density at radius 2 is 2.30 bits per heavy atom. The number of halogens is 1. The molecule has 0 aliphatic carbocycles. The second kappa shape index (κ2) is 4.67. The molecule has 2 aliphatic rings. The van der Waals surface area contributed by atoms with Crippen LogP contribution in [0.4, 0.5) is 10.5 Å². The van der Waals surface area contributed by atoms with Crippen LogP contribution in [0.3, 0.4) is 0 Å². The van der Waals surface area contributed by atoms with Crippen molar-refractivity contribution >= 4 is 27.7 Å². The third kappa shape index (κ3) is 1.85. The van der Waals surface area contributed by atoms with E-state index in [1.165, 1.54) is 4.90 Å². The molecular formula is C14H14BrN3O2. The summed E-state index contributed by atoms with van der Waals surface area (Å²) in [4.78, 5) is 14.8. The molecule has 5 nitrogen and oxygen atoms in total. The van der Waals surface area contributed by atoms with Gasteiger partial charge in [0.15, 0.2) is 0 Å². The molecule has 1 saturated heterocycles. The van der Waals surface area contributed by atoms with Gasteiger partial charge in [0.05, 0.1) is 11.3 Å². The van der Waals surface area contributed by atoms with E-state index in [-0.39, 0.29) is 12.0 Å². The maximum atomic E-state index is 11.2. The van der Waals surface area contributed by atoms with E-state index in [1.807, 2.05) is 19.2 Å². The molecule has 2 heterocycles. The van der Waals surface area contributed by atoms with Crippen molar-refractivity contribution in [1.29, 1.82) is 5.26 Å². The number of piperidine rings is 1. The van der Waals surface area contributed by atoms with Crippen molar-refractivity contribution in [3.8, 4) is 6.07 Å². The van der Waals surface area contributed by atoms with Gasteiger partial charge in [0.2, 0.25) is 0 Å². The molecule has 1 N–H and O–H groups in total. The van der Waals surface area contributed by atoms with E-state index in [0.29, 0.717) is 18.7 Å². The van der Waals surface area contributed by atoms with E-state index in [4.69, 9.17) is 0 Å². The highest BCUT2D eigenvalue weighted by Crippen LogP contribution is 2.46. The van der Waals surface area contributed by atoms with Gasteiger partial charge in [-0.3, -0.25) is 0 Å². The third-order valence-electron chi connectivity index (χ3n) is 4.32. The monoisotopic (exact) mass is 335 g/mol. The summed E-state index contributed by atoms with van der Waals surface area (Å²) in [7, 11) is 1.99. The first kappa shape index (κ1) is 13.3. The van der Waals surface area contributed by atoms with Gasteiger partial charge < -0.3 is 14.9 Å². The molecular weight excluding hydrogens is 322 g/mol. The van der Waals surface area contributed by atoms with Crippen molar-refractivity contribution in [2.45, 2.75) is 18.4 Å². The summed E-state index contributed by atoms with van der Waals surface area (Å²) in [5.74, 6) is 0.143. The highest BCUT2D eigenvalue weighted by atomic mass is 79.9. The molecule has 0 spiro atoms. The van der Waals surface area contributed by atoms with Gasteiger partial charge in [-0.2, -0.15) is 5.26 Å². The van der Waals surface area contributed by atoms with E-state index < -0.39 is 6.09 Å². The average molecular weight is 336 g/mol. The Bertz CT molecular complexity index is 626. The van der Waals surface area contributed by atoms with Crippen LogP contribution in [0.5, 0.6) is 0 Å². The van der Waals surface area contributed by atoms with Crippen molar-refractivity contribution < 1.29 is 9.90 Å². The summed E-state index contributed by atoms with van der Waals surface area (Å²) in [5.41, 5.74) is 2.68. The van der Waals surface area contributed by atoms with Gasteiger partial charge >= 0.3 is 6.09 Å². The Morgan fingerprint density at radius 3 is 2.95 bits per heavy atom. The number of benzene rings is 1. The molecule has 0 saturated carbocycles. The van der Waals surface area contributed by atoms with Crippen LogP contribution in [0.15, 0.2) is 16.6 Å². The van der Waals surface area contributed by atoms with Gasteiger partial charge in [-0.15, -0.1) is 0 Å². The van der Waals surface area contributed by atoms with Gasteiger partial charge in [-0.1, -0.05) is 15.9 Å². The van der Waals surface area contributed by atoms with Gasteiger partial charge in [0.25, 0.3) is 0 Å². The van der Waals surface area contributed by atoms with E-state index in [2.05, 4.69) is 26.9 Å². The Morgan fingerprint density at radius 1 is 1.55 bits per heavy atom. The molecule has 1 amide bonds. The summed E-state index contributed by atoms with van der Waals surface area (Å²) < 4.78 is 0.870. The summed E-state index contributed by atoms with van der Waals surface area (Å²) >= 11 is 3.44. The van der Waals surface area contributed by atoms with Crippen LogP contribution < -0.4 is 4.90 Å². The SMILES string of the molecule is CN1c2c(C#N)cc(Br)cc2[C@@H]2CN(C(=O)O)CC[C@@H]21. The smallest absolute Gasteiger partial charge is 0.407 e. The molecule has 6 heteroatoms. The predicted molar refractivity (Wildman–Crippen MR) is 78.0 cm³/mol. The van der Waals surface area contributed by atoms with Gasteiger partial charge in [-0.05, 0) is 24.1 Å². The van der Waals surface area contributed by atoms with Crippen molar-refractivity contribution in [1.82, 2.24) is 4.90 Å². The van der Waals surface area contributed by atoms with Crippen LogP contribution >= 0.6 is 15.9 Å². The number of carbonyl (C=O) groups is 1. The minimum absolute atomic E-state index is 0.143. The zero-order valence-corrected chi connectivity index (χ0v) is 12.6. The van der Waals surface area contributed by atoms with Crippen LogP contribution in [-0.4, -0.2) is 42.3 Å². The fourth-order valence-corrected chi connectivity index (χ4v) is 3.91. The molecule has 1 fully saturated rings. The quantitative estimate of drug-likeness (QED) is 0.791. The maximum Gasteiger partial charge on any atom is 0.407 e. The first-order chi connectivity index (χ1) is 9.52. The third-order valence-corrected chi connectivity index (χ3v) is 4.78. The molecule has 0 aromatic heterocycles. The van der Waals surface area contributed by atoms with E-state index in [1.54, 1.807) is 0 Å². The molecule has 2 aliphatic heterocycles. The summed E-state index contributed by atoms with van der Waals surface area (Å²) in [5, 5.41) is 18.5. The standard InChI is InChI=1S/C14H14BrN3O2/c1-17-12-2-3-18(14(19)20)7-11(12)10-5-9(15)4-8(6-16)13(10)17/h4-5,11-12H,2-3,7H2,1H3,(H,19,20)/t11-,12-/m0/s1. The number of fused-ring (bicyclic) bond motifs is 3. The van der Waals surface area contributed by atoms with Gasteiger partial charge in [0.1, 0.15) is 6.07 Å². The molecule has 0 bridgehead atoms. The number of hydrogen-bond donors (Lipinski definition) is 1. The van der Waals surface area contributed by atoms with E-state index >= 15 is 0 Å². The molecule has 0 radical (unpaired) electrons. The second-order valence-corrected chi connectivity index (χ2v) is 6.22. The van der Waals surface area contributed by atoms with Gasteiger partial charge in [0, 0.05) is 36.6 Å². The van der Waals surface area contributed by atoms with Gasteiger partial charge in [-0.25, -0.2) is 4.79 Å². The molecule has 2 atom stereocenters. The Balaban J connectivity index is 2.07. The summed E-state index contributed by atoms with van der Waals surface area (Å²) in [6.07, 6.45) is -0.0694. The zero-order chi connectivity index (χ0) is 14.4. The largest absolute Gasteiger partial charge is 0.465 e. The van der Waals surface area contributed by atoms with Crippen LogP contribution in [0.25, 0.3) is 0 Å². The van der Waals surface area contributed by atoms with Crippen LogP contribution in [0.2, 0.25) is 0 Å². The maximum absolute atomic E-state index is 11.2. The molecule has 1 aromatic carbocycles. The summed E-state index contributed by atoms with van der Waals surface area (Å²) in [6.45, 7) is 1.05. The number of nitrogens with zero attached hydrogens (tertiary/aromatic N) is 3. The first-order valence-electron chi connectivity index (χ1n) is 6.47. The minimum Gasteiger partial charge on any atom is -0.465 e. The Kier molecular flexibility index (Phi) is 3.09. The van der Waals surface area contributed by atoms with E-state index in [0.717, 1.165) is 22.1 Å². The molecule has 3 rings (SSSR count). The van der Waals surface area contributed by atoms with Crippen molar-refractivity contribution in [2.75, 3.05) is 25.0 Å². The average Bonchev–Trinajstić information content (AvgIpc) is 2.71. The van der Waals surface area contributed by atoms with Crippen molar-refractivity contribution in [2.24, 2.45) is 0 Å². The predicted octanol–water partition coefficient (Wildman–Crippen LogP) is 2.61. The lowest BCUT2D eigenvalue weighted by Gasteiger charge is -2.36. The fourth-order valence-electron chi connectivity index (χ4n) is 3.43. The lowest BCUT2D eigenvalue weighted by atomic mass is 9.89. The molecule has 20 heavy (non-hydrogen) atoms. The van der Waals surface area contributed by atoms with Crippen LogP contribution in [-0.2, 0) is 0 Å². The number of anilines is 1. The number of hydrogen-bond acceptors (Lipinski definition) is 3. The number of amides is 1. The van der Waals surface area contributed by atoms with Crippen LogP contribution in [0.1, 0.15) is 23.5 Å². The number of nitriles is 1. The Hall–Kier alpha value is -1.74. The summed E-state index contributed by atoms with van der Waals surface area (Å²) in [6, 6.07) is 6.36. The topological polar surface area (TPSA) is 67.6 Å². The zero-order valence-electron chi connectivity index (χ0n) is 11.0. The van der Waals surface area contributed by atoms with Crippen LogP contribution in [0, 0.1) is 11.3 Å². The number of likely N-dealkylation sites (N-methyl/N-ethyl adjacent to an activating group) is 1. The minimum atomic E-state index is -0.866. The van der Waals surface area contributed by atoms with Crippen molar-refractivity contribution in [3.63, 3.8) is 0 Å². The number of carboxylic acid groups (broad SMARTS) is 1. The fraction of sp³-hybridized carbons (Fsp3) is 0.429. The number of likely N-dealkylation sites (tertiary alicyclic amines) is 1. The Labute approximate surface area is 125 Å². The molecule has 1 aromatic rings. The molecule has 104 valence electrons. The highest BCUT2D eigenvalue weighted by molar-refractivity contribution is 9.10. The normalized spacial score (nSPS) is 24.1. The second-order valence-electron chi connectivity index (χ2n) is 5.30. The number of rotatable bonds is 0. The molecule has 0 unspecified atom stereocenters. The lowest BCUT2D eigenvalue weighted by molar-refractivity contribution is 0.127.